The monoisotopic (exact) mass is 236 g/mol. The summed E-state index contributed by atoms with van der Waals surface area (Å²) in [4.78, 5) is 1.99. The second kappa shape index (κ2) is 5.82. The van der Waals surface area contributed by atoms with Crippen LogP contribution >= 0.6 is 0 Å². The summed E-state index contributed by atoms with van der Waals surface area (Å²) in [7, 11) is -0.956. The average Bonchev–Trinajstić information content (AvgIpc) is 2.13. The van der Waals surface area contributed by atoms with E-state index < -0.39 is 9.84 Å². The van der Waals surface area contributed by atoms with Crippen molar-refractivity contribution in [1.29, 1.82) is 0 Å². The molecule has 15 heavy (non-hydrogen) atoms. The van der Waals surface area contributed by atoms with E-state index in [1.807, 2.05) is 11.9 Å². The highest BCUT2D eigenvalue weighted by Gasteiger charge is 2.22. The lowest BCUT2D eigenvalue weighted by molar-refractivity contribution is 0.243. The Labute approximate surface area is 93.7 Å². The quantitative estimate of drug-likeness (QED) is 0.698. The highest BCUT2D eigenvalue weighted by molar-refractivity contribution is 7.90. The number of hydrogen-bond acceptors (Lipinski definition) is 4. The van der Waals surface area contributed by atoms with E-state index in [1.54, 1.807) is 0 Å². The molecule has 0 aliphatic heterocycles. The average molecular weight is 236 g/mol. The highest BCUT2D eigenvalue weighted by Crippen LogP contribution is 2.12. The van der Waals surface area contributed by atoms with Crippen molar-refractivity contribution < 1.29 is 8.42 Å². The predicted molar refractivity (Wildman–Crippen MR) is 64.7 cm³/mol. The topological polar surface area (TPSA) is 63.4 Å². The van der Waals surface area contributed by atoms with E-state index in [2.05, 4.69) is 13.8 Å². The molecular formula is C10H24N2O2S. The summed E-state index contributed by atoms with van der Waals surface area (Å²) < 4.78 is 22.0. The summed E-state index contributed by atoms with van der Waals surface area (Å²) in [5.74, 6) is 0.201. The van der Waals surface area contributed by atoms with E-state index in [1.165, 1.54) is 6.26 Å². The van der Waals surface area contributed by atoms with Crippen LogP contribution < -0.4 is 5.73 Å². The molecule has 0 aliphatic rings. The molecule has 0 aliphatic carbocycles. The number of nitrogens with zero attached hydrogens (tertiary/aromatic N) is 1. The molecule has 4 nitrogen and oxygen atoms in total. The number of rotatable bonds is 7. The first-order valence-electron chi connectivity index (χ1n) is 5.37. The van der Waals surface area contributed by atoms with E-state index in [0.29, 0.717) is 6.54 Å². The first-order valence-corrected chi connectivity index (χ1v) is 7.43. The molecule has 0 radical (unpaired) electrons. The van der Waals surface area contributed by atoms with Gasteiger partial charge in [0.15, 0.2) is 0 Å². The van der Waals surface area contributed by atoms with Crippen LogP contribution in [0.2, 0.25) is 0 Å². The van der Waals surface area contributed by atoms with E-state index in [-0.39, 0.29) is 11.3 Å². The molecule has 92 valence electrons. The van der Waals surface area contributed by atoms with Crippen LogP contribution in [0.3, 0.4) is 0 Å². The van der Waals surface area contributed by atoms with Crippen molar-refractivity contribution in [1.82, 2.24) is 4.90 Å². The molecule has 0 heterocycles. The number of nitrogens with two attached hydrogens (primary N) is 1. The second-order valence-electron chi connectivity index (χ2n) is 4.44. The van der Waals surface area contributed by atoms with Gasteiger partial charge in [-0.25, -0.2) is 8.42 Å². The molecule has 0 fully saturated rings. The van der Waals surface area contributed by atoms with Crippen LogP contribution in [0.15, 0.2) is 0 Å². The molecule has 0 rings (SSSR count). The van der Waals surface area contributed by atoms with Gasteiger partial charge in [-0.05, 0) is 19.9 Å². The maximum Gasteiger partial charge on any atom is 0.148 e. The van der Waals surface area contributed by atoms with Gasteiger partial charge < -0.3 is 10.6 Å². The van der Waals surface area contributed by atoms with Crippen LogP contribution in [-0.2, 0) is 9.84 Å². The lowest BCUT2D eigenvalue weighted by Gasteiger charge is -2.31. The molecule has 0 atom stereocenters. The molecule has 0 aromatic rings. The Bertz CT molecular complexity index is 271. The lowest BCUT2D eigenvalue weighted by Crippen LogP contribution is -2.49. The molecule has 0 saturated heterocycles. The minimum absolute atomic E-state index is 0.188. The maximum absolute atomic E-state index is 11.0. The van der Waals surface area contributed by atoms with E-state index in [9.17, 15) is 8.42 Å². The third kappa shape index (κ3) is 6.87. The Hall–Kier alpha value is -0.130. The van der Waals surface area contributed by atoms with Crippen molar-refractivity contribution in [2.24, 2.45) is 5.73 Å². The Balaban J connectivity index is 4.08. The smallest absolute Gasteiger partial charge is 0.148 e. The number of likely N-dealkylation sites (N-methyl/N-ethyl adjacent to an activating group) is 1. The summed E-state index contributed by atoms with van der Waals surface area (Å²) in [6.45, 7) is 5.43. The first kappa shape index (κ1) is 14.9. The van der Waals surface area contributed by atoms with Gasteiger partial charge in [0.1, 0.15) is 9.84 Å². The second-order valence-corrected chi connectivity index (χ2v) is 6.70. The van der Waals surface area contributed by atoms with Gasteiger partial charge in [0, 0.05) is 24.9 Å². The molecule has 0 aromatic heterocycles. The van der Waals surface area contributed by atoms with Crippen LogP contribution in [0.5, 0.6) is 0 Å². The predicted octanol–water partition coefficient (Wildman–Crippen LogP) is 0.480. The summed E-state index contributed by atoms with van der Waals surface area (Å²) in [5, 5.41) is 0. The molecule has 2 N–H and O–H groups in total. The number of hydrogen-bond donors (Lipinski definition) is 1. The van der Waals surface area contributed by atoms with Gasteiger partial charge in [-0.3, -0.25) is 0 Å². The van der Waals surface area contributed by atoms with Crippen LogP contribution in [0.4, 0.5) is 0 Å². The summed E-state index contributed by atoms with van der Waals surface area (Å²) >= 11 is 0. The van der Waals surface area contributed by atoms with Gasteiger partial charge in [0.2, 0.25) is 0 Å². The molecular weight excluding hydrogens is 212 g/mol. The minimum atomic E-state index is -2.87. The first-order chi connectivity index (χ1) is 6.72. The molecule has 0 unspecified atom stereocenters. The van der Waals surface area contributed by atoms with E-state index >= 15 is 0 Å². The fraction of sp³-hybridized carbons (Fsp3) is 1.00. The minimum Gasteiger partial charge on any atom is -0.324 e. The zero-order valence-electron chi connectivity index (χ0n) is 10.3. The van der Waals surface area contributed by atoms with Crippen LogP contribution in [0.25, 0.3) is 0 Å². The van der Waals surface area contributed by atoms with Crippen LogP contribution in [0.1, 0.15) is 26.7 Å². The Morgan fingerprint density at radius 2 is 1.73 bits per heavy atom. The SMILES string of the molecule is CCC(N)(CC)CN(C)CCS(C)(=O)=O. The Kier molecular flexibility index (Phi) is 5.77. The van der Waals surface area contributed by atoms with Crippen molar-refractivity contribution >= 4 is 9.84 Å². The molecule has 0 aromatic carbocycles. The Morgan fingerprint density at radius 3 is 2.07 bits per heavy atom. The zero-order valence-corrected chi connectivity index (χ0v) is 11.1. The van der Waals surface area contributed by atoms with Crippen LogP contribution in [0, 0.1) is 0 Å². The fourth-order valence-corrected chi connectivity index (χ4v) is 2.06. The van der Waals surface area contributed by atoms with E-state index in [4.69, 9.17) is 5.73 Å². The molecule has 0 bridgehead atoms. The van der Waals surface area contributed by atoms with Crippen molar-refractivity contribution in [3.05, 3.63) is 0 Å². The van der Waals surface area contributed by atoms with Gasteiger partial charge in [0.25, 0.3) is 0 Å². The summed E-state index contributed by atoms with van der Waals surface area (Å²) in [6, 6.07) is 0. The van der Waals surface area contributed by atoms with Crippen molar-refractivity contribution in [3.63, 3.8) is 0 Å². The lowest BCUT2D eigenvalue weighted by atomic mass is 9.94. The van der Waals surface area contributed by atoms with Crippen LogP contribution in [-0.4, -0.2) is 51.0 Å². The van der Waals surface area contributed by atoms with Gasteiger partial charge >= 0.3 is 0 Å². The fourth-order valence-electron chi connectivity index (χ4n) is 1.41. The van der Waals surface area contributed by atoms with Crippen molar-refractivity contribution in [2.45, 2.75) is 32.2 Å². The largest absolute Gasteiger partial charge is 0.324 e. The third-order valence-electron chi connectivity index (χ3n) is 2.84. The summed E-state index contributed by atoms with van der Waals surface area (Å²) in [5.41, 5.74) is 5.96. The molecule has 0 saturated carbocycles. The molecule has 5 heteroatoms. The maximum atomic E-state index is 11.0. The van der Waals surface area contributed by atoms with Gasteiger partial charge in [0.05, 0.1) is 5.75 Å². The zero-order chi connectivity index (χ0) is 12.1. The van der Waals surface area contributed by atoms with E-state index in [0.717, 1.165) is 19.4 Å². The van der Waals surface area contributed by atoms with Crippen molar-refractivity contribution in [2.75, 3.05) is 32.1 Å². The van der Waals surface area contributed by atoms with Gasteiger partial charge in [-0.2, -0.15) is 0 Å². The molecule has 0 spiro atoms. The standard InChI is InChI=1S/C10H24N2O2S/c1-5-10(11,6-2)9-12(3)7-8-15(4,13)14/h5-9,11H2,1-4H3. The number of sulfone groups is 1. The highest BCUT2D eigenvalue weighted by atomic mass is 32.2. The summed E-state index contributed by atoms with van der Waals surface area (Å²) in [6.07, 6.45) is 3.08. The van der Waals surface area contributed by atoms with Crippen molar-refractivity contribution in [3.8, 4) is 0 Å². The third-order valence-corrected chi connectivity index (χ3v) is 3.76. The van der Waals surface area contributed by atoms with Gasteiger partial charge in [-0.15, -0.1) is 0 Å². The Morgan fingerprint density at radius 1 is 1.27 bits per heavy atom. The normalized spacial score (nSPS) is 13.5. The van der Waals surface area contributed by atoms with Gasteiger partial charge in [-0.1, -0.05) is 13.8 Å². The molecule has 0 amide bonds.